The van der Waals surface area contributed by atoms with Crippen molar-refractivity contribution in [3.8, 4) is 0 Å². The molecule has 0 saturated carbocycles. The number of carbonyl (C=O) groups excluding carboxylic acids is 2. The monoisotopic (exact) mass is 431 g/mol. The summed E-state index contributed by atoms with van der Waals surface area (Å²) in [7, 11) is 0. The average molecular weight is 432 g/mol. The topological polar surface area (TPSA) is 65.8 Å². The number of rotatable bonds is 4. The summed E-state index contributed by atoms with van der Waals surface area (Å²) >= 11 is 12.1. The summed E-state index contributed by atoms with van der Waals surface area (Å²) in [5, 5.41) is 4.72. The van der Waals surface area contributed by atoms with Crippen LogP contribution in [0, 0.1) is 0 Å². The molecule has 150 valence electrons. The molecule has 0 radical (unpaired) electrons. The van der Waals surface area contributed by atoms with E-state index in [1.807, 2.05) is 17.0 Å². The van der Waals surface area contributed by atoms with Crippen LogP contribution in [0.25, 0.3) is 11.0 Å². The van der Waals surface area contributed by atoms with Gasteiger partial charge in [0, 0.05) is 36.6 Å². The second-order valence-corrected chi connectivity index (χ2v) is 7.73. The summed E-state index contributed by atoms with van der Waals surface area (Å²) in [5.41, 5.74) is 1.23. The Balaban J connectivity index is 1.32. The molecule has 0 atom stereocenters. The van der Waals surface area contributed by atoms with E-state index in [9.17, 15) is 9.59 Å². The molecule has 4 rings (SSSR count). The van der Waals surface area contributed by atoms with E-state index in [-0.39, 0.29) is 18.4 Å². The van der Waals surface area contributed by atoms with Crippen molar-refractivity contribution in [2.75, 3.05) is 38.0 Å². The minimum Gasteiger partial charge on any atom is -0.451 e. The van der Waals surface area contributed by atoms with Gasteiger partial charge < -0.3 is 14.6 Å². The molecule has 6 nitrogen and oxygen atoms in total. The van der Waals surface area contributed by atoms with Crippen molar-refractivity contribution in [2.45, 2.75) is 0 Å². The summed E-state index contributed by atoms with van der Waals surface area (Å²) in [4.78, 5) is 28.8. The van der Waals surface area contributed by atoms with Crippen molar-refractivity contribution in [3.63, 3.8) is 0 Å². The van der Waals surface area contributed by atoms with Crippen molar-refractivity contribution < 1.29 is 14.0 Å². The molecule has 1 aliphatic heterocycles. The number of benzene rings is 2. The van der Waals surface area contributed by atoms with E-state index < -0.39 is 0 Å². The van der Waals surface area contributed by atoms with Crippen LogP contribution in [0.3, 0.4) is 0 Å². The molecule has 3 aromatic rings. The van der Waals surface area contributed by atoms with Crippen molar-refractivity contribution in [1.29, 1.82) is 0 Å². The molecule has 29 heavy (non-hydrogen) atoms. The number of halogens is 2. The van der Waals surface area contributed by atoms with Crippen molar-refractivity contribution in [2.24, 2.45) is 0 Å². The number of piperazine rings is 1. The van der Waals surface area contributed by atoms with Crippen LogP contribution < -0.4 is 5.32 Å². The molecule has 0 bridgehead atoms. The Hall–Kier alpha value is -2.54. The van der Waals surface area contributed by atoms with Gasteiger partial charge in [-0.15, -0.1) is 0 Å². The number of hydrogen-bond donors (Lipinski definition) is 1. The summed E-state index contributed by atoms with van der Waals surface area (Å²) in [6.07, 6.45) is 0. The Morgan fingerprint density at radius 2 is 1.76 bits per heavy atom. The summed E-state index contributed by atoms with van der Waals surface area (Å²) < 4.78 is 5.67. The molecule has 8 heteroatoms. The average Bonchev–Trinajstić information content (AvgIpc) is 3.13. The third kappa shape index (κ3) is 4.56. The zero-order valence-electron chi connectivity index (χ0n) is 15.5. The standard InChI is InChI=1S/C21H19Cl2N3O3/c22-15-5-6-18-14(11-15)12-19(29-18)21(28)26-9-7-25(8-10-26)13-20(27)24-17-4-2-1-3-16(17)23/h1-6,11-12H,7-10,13H2,(H,24,27). The van der Waals surface area contributed by atoms with Crippen LogP contribution in [0.15, 0.2) is 52.9 Å². The third-order valence-electron chi connectivity index (χ3n) is 4.86. The lowest BCUT2D eigenvalue weighted by atomic mass is 10.2. The Bertz CT molecular complexity index is 1060. The first-order valence-electron chi connectivity index (χ1n) is 9.25. The fourth-order valence-corrected chi connectivity index (χ4v) is 3.70. The number of amides is 2. The number of nitrogens with one attached hydrogen (secondary N) is 1. The van der Waals surface area contributed by atoms with E-state index in [4.69, 9.17) is 27.6 Å². The maximum Gasteiger partial charge on any atom is 0.289 e. The second kappa shape index (κ2) is 8.45. The quantitative estimate of drug-likeness (QED) is 0.673. The highest BCUT2D eigenvalue weighted by Gasteiger charge is 2.25. The van der Waals surface area contributed by atoms with Crippen LogP contribution in [0.4, 0.5) is 5.69 Å². The van der Waals surface area contributed by atoms with E-state index in [1.165, 1.54) is 0 Å². The molecule has 1 N–H and O–H groups in total. The maximum atomic E-state index is 12.7. The normalized spacial score (nSPS) is 14.9. The SMILES string of the molecule is O=C(CN1CCN(C(=O)c2cc3cc(Cl)ccc3o2)CC1)Nc1ccccc1Cl. The van der Waals surface area contributed by atoms with Gasteiger partial charge in [-0.05, 0) is 36.4 Å². The lowest BCUT2D eigenvalue weighted by Gasteiger charge is -2.33. The van der Waals surface area contributed by atoms with E-state index in [0.29, 0.717) is 53.3 Å². The Morgan fingerprint density at radius 1 is 1.00 bits per heavy atom. The zero-order valence-corrected chi connectivity index (χ0v) is 17.0. The number of nitrogens with zero attached hydrogens (tertiary/aromatic N) is 2. The van der Waals surface area contributed by atoms with Gasteiger partial charge in [-0.2, -0.15) is 0 Å². The molecule has 1 fully saturated rings. The smallest absolute Gasteiger partial charge is 0.289 e. The first kappa shape index (κ1) is 19.8. The largest absolute Gasteiger partial charge is 0.451 e. The lowest BCUT2D eigenvalue weighted by Crippen LogP contribution is -2.50. The van der Waals surface area contributed by atoms with Crippen LogP contribution >= 0.6 is 23.2 Å². The van der Waals surface area contributed by atoms with Crippen molar-refractivity contribution in [3.05, 3.63) is 64.3 Å². The number of anilines is 1. The number of furan rings is 1. The minimum atomic E-state index is -0.155. The molecule has 0 unspecified atom stereocenters. The molecule has 2 amide bonds. The van der Waals surface area contributed by atoms with Gasteiger partial charge in [-0.1, -0.05) is 35.3 Å². The van der Waals surface area contributed by atoms with E-state index in [0.717, 1.165) is 5.39 Å². The van der Waals surface area contributed by atoms with E-state index in [1.54, 1.807) is 41.3 Å². The van der Waals surface area contributed by atoms with Gasteiger partial charge in [-0.25, -0.2) is 0 Å². The van der Waals surface area contributed by atoms with Crippen LogP contribution in [0.1, 0.15) is 10.6 Å². The number of fused-ring (bicyclic) bond motifs is 1. The van der Waals surface area contributed by atoms with Gasteiger partial charge in [0.2, 0.25) is 5.91 Å². The zero-order chi connectivity index (χ0) is 20.4. The van der Waals surface area contributed by atoms with Crippen LogP contribution in [0.2, 0.25) is 10.0 Å². The number of carbonyl (C=O) groups is 2. The Morgan fingerprint density at radius 3 is 2.52 bits per heavy atom. The van der Waals surface area contributed by atoms with Gasteiger partial charge in [0.05, 0.1) is 17.3 Å². The highest BCUT2D eigenvalue weighted by Crippen LogP contribution is 2.24. The maximum absolute atomic E-state index is 12.7. The number of hydrogen-bond acceptors (Lipinski definition) is 4. The minimum absolute atomic E-state index is 0.132. The van der Waals surface area contributed by atoms with Crippen LogP contribution in [-0.2, 0) is 4.79 Å². The third-order valence-corrected chi connectivity index (χ3v) is 5.43. The van der Waals surface area contributed by atoms with E-state index >= 15 is 0 Å². The number of para-hydroxylation sites is 1. The first-order valence-corrected chi connectivity index (χ1v) is 10.0. The van der Waals surface area contributed by atoms with Gasteiger partial charge >= 0.3 is 0 Å². The fraction of sp³-hybridized carbons (Fsp3) is 0.238. The highest BCUT2D eigenvalue weighted by molar-refractivity contribution is 6.33. The van der Waals surface area contributed by atoms with E-state index in [2.05, 4.69) is 5.32 Å². The molecule has 2 aromatic carbocycles. The van der Waals surface area contributed by atoms with Gasteiger partial charge in [-0.3, -0.25) is 14.5 Å². The highest BCUT2D eigenvalue weighted by atomic mass is 35.5. The van der Waals surface area contributed by atoms with Gasteiger partial charge in [0.25, 0.3) is 5.91 Å². The molecular weight excluding hydrogens is 413 g/mol. The predicted octanol–water partition coefficient (Wildman–Crippen LogP) is 4.14. The molecule has 2 heterocycles. The summed E-state index contributed by atoms with van der Waals surface area (Å²) in [6.45, 7) is 2.50. The molecular formula is C21H19Cl2N3O3. The fourth-order valence-electron chi connectivity index (χ4n) is 3.34. The molecule has 1 aromatic heterocycles. The lowest BCUT2D eigenvalue weighted by molar-refractivity contribution is -0.117. The molecule has 0 aliphatic carbocycles. The summed E-state index contributed by atoms with van der Waals surface area (Å²) in [6, 6.07) is 14.1. The van der Waals surface area contributed by atoms with Gasteiger partial charge in [0.1, 0.15) is 5.58 Å². The van der Waals surface area contributed by atoms with Gasteiger partial charge in [0.15, 0.2) is 5.76 Å². The Kier molecular flexibility index (Phi) is 5.76. The second-order valence-electron chi connectivity index (χ2n) is 6.89. The summed E-state index contributed by atoms with van der Waals surface area (Å²) in [5.74, 6) is 0.0108. The molecule has 1 saturated heterocycles. The first-order chi connectivity index (χ1) is 14.0. The van der Waals surface area contributed by atoms with Crippen LogP contribution in [-0.4, -0.2) is 54.3 Å². The van der Waals surface area contributed by atoms with Crippen molar-refractivity contribution >= 4 is 51.7 Å². The van der Waals surface area contributed by atoms with Crippen LogP contribution in [0.5, 0.6) is 0 Å². The van der Waals surface area contributed by atoms with Crippen molar-refractivity contribution in [1.82, 2.24) is 9.80 Å². The predicted molar refractivity (Wildman–Crippen MR) is 114 cm³/mol. The molecule has 0 spiro atoms. The molecule has 1 aliphatic rings. The Labute approximate surface area is 178 Å².